The summed E-state index contributed by atoms with van der Waals surface area (Å²) in [6, 6.07) is 0. The molecule has 2 heterocycles. The molecule has 4 heteroatoms. The molecular formula is C13H27N3S. The first-order valence-corrected chi connectivity index (χ1v) is 7.99. The van der Waals surface area contributed by atoms with Gasteiger partial charge in [0, 0.05) is 24.4 Å². The molecule has 0 saturated carbocycles. The van der Waals surface area contributed by atoms with E-state index in [0.29, 0.717) is 5.54 Å². The maximum Gasteiger partial charge on any atom is 0.0426 e. The second kappa shape index (κ2) is 5.91. The average Bonchev–Trinajstić information content (AvgIpc) is 2.82. The first-order chi connectivity index (χ1) is 8.16. The van der Waals surface area contributed by atoms with Crippen LogP contribution in [0, 0.1) is 5.92 Å². The van der Waals surface area contributed by atoms with E-state index >= 15 is 0 Å². The summed E-state index contributed by atoms with van der Waals surface area (Å²) in [7, 11) is 4.52. The van der Waals surface area contributed by atoms with Crippen molar-refractivity contribution in [3.63, 3.8) is 0 Å². The van der Waals surface area contributed by atoms with E-state index in [1.165, 1.54) is 50.4 Å². The summed E-state index contributed by atoms with van der Waals surface area (Å²) < 4.78 is 0. The van der Waals surface area contributed by atoms with Crippen LogP contribution >= 0.6 is 11.8 Å². The van der Waals surface area contributed by atoms with Gasteiger partial charge in [0.25, 0.3) is 0 Å². The topological polar surface area (TPSA) is 32.5 Å². The van der Waals surface area contributed by atoms with Crippen LogP contribution in [0.5, 0.6) is 0 Å². The molecule has 2 saturated heterocycles. The van der Waals surface area contributed by atoms with Gasteiger partial charge in [0.1, 0.15) is 0 Å². The number of thioether (sulfide) groups is 1. The molecule has 0 aromatic carbocycles. The summed E-state index contributed by atoms with van der Waals surface area (Å²) in [5, 5.41) is 0. The van der Waals surface area contributed by atoms with Gasteiger partial charge in [-0.3, -0.25) is 4.90 Å². The molecule has 1 unspecified atom stereocenters. The highest BCUT2D eigenvalue weighted by Gasteiger charge is 2.37. The number of likely N-dealkylation sites (N-methyl/N-ethyl adjacent to an activating group) is 1. The Morgan fingerprint density at radius 3 is 2.65 bits per heavy atom. The predicted molar refractivity (Wildman–Crippen MR) is 76.6 cm³/mol. The van der Waals surface area contributed by atoms with Crippen LogP contribution in [0.3, 0.4) is 0 Å². The quantitative estimate of drug-likeness (QED) is 0.817. The zero-order valence-electron chi connectivity index (χ0n) is 11.3. The monoisotopic (exact) mass is 257 g/mol. The van der Waals surface area contributed by atoms with Gasteiger partial charge in [-0.25, -0.2) is 0 Å². The van der Waals surface area contributed by atoms with Gasteiger partial charge < -0.3 is 10.6 Å². The summed E-state index contributed by atoms with van der Waals surface area (Å²) in [6.07, 6.45) is 3.99. The zero-order valence-corrected chi connectivity index (χ0v) is 12.1. The Labute approximate surface area is 110 Å². The van der Waals surface area contributed by atoms with Gasteiger partial charge >= 0.3 is 0 Å². The lowest BCUT2D eigenvalue weighted by Crippen LogP contribution is -2.54. The van der Waals surface area contributed by atoms with Crippen molar-refractivity contribution in [2.45, 2.75) is 24.8 Å². The molecule has 0 bridgehead atoms. The summed E-state index contributed by atoms with van der Waals surface area (Å²) in [5.74, 6) is 3.40. The first kappa shape index (κ1) is 13.7. The zero-order chi connectivity index (χ0) is 12.3. The van der Waals surface area contributed by atoms with Crippen LogP contribution in [-0.2, 0) is 0 Å². The molecule has 1 atom stereocenters. The van der Waals surface area contributed by atoms with Crippen molar-refractivity contribution in [2.24, 2.45) is 11.7 Å². The largest absolute Gasteiger partial charge is 0.329 e. The number of hydrogen-bond acceptors (Lipinski definition) is 4. The summed E-state index contributed by atoms with van der Waals surface area (Å²) >= 11 is 2.07. The van der Waals surface area contributed by atoms with E-state index < -0.39 is 0 Å². The van der Waals surface area contributed by atoms with Gasteiger partial charge in [0.05, 0.1) is 0 Å². The van der Waals surface area contributed by atoms with Crippen molar-refractivity contribution in [1.29, 1.82) is 0 Å². The highest BCUT2D eigenvalue weighted by Crippen LogP contribution is 2.33. The molecule has 2 N–H and O–H groups in total. The maximum atomic E-state index is 6.03. The predicted octanol–water partition coefficient (Wildman–Crippen LogP) is 1.09. The van der Waals surface area contributed by atoms with Crippen molar-refractivity contribution in [2.75, 3.05) is 51.8 Å². The van der Waals surface area contributed by atoms with Crippen LogP contribution in [0.2, 0.25) is 0 Å². The van der Waals surface area contributed by atoms with E-state index in [0.717, 1.165) is 12.5 Å². The van der Waals surface area contributed by atoms with Crippen LogP contribution < -0.4 is 5.73 Å². The van der Waals surface area contributed by atoms with Crippen LogP contribution in [-0.4, -0.2) is 67.1 Å². The number of nitrogens with two attached hydrogens (primary N) is 1. The first-order valence-electron chi connectivity index (χ1n) is 6.84. The van der Waals surface area contributed by atoms with E-state index in [4.69, 9.17) is 5.73 Å². The molecule has 0 amide bonds. The van der Waals surface area contributed by atoms with Crippen molar-refractivity contribution in [3.05, 3.63) is 0 Å². The van der Waals surface area contributed by atoms with Crippen LogP contribution in [0.25, 0.3) is 0 Å². The minimum atomic E-state index is 0.300. The van der Waals surface area contributed by atoms with Gasteiger partial charge in [0.15, 0.2) is 0 Å². The highest BCUT2D eigenvalue weighted by atomic mass is 32.2. The van der Waals surface area contributed by atoms with Crippen molar-refractivity contribution in [1.82, 2.24) is 9.80 Å². The minimum absolute atomic E-state index is 0.300. The Hall–Kier alpha value is 0.230. The molecule has 2 aliphatic heterocycles. The molecule has 100 valence electrons. The molecule has 2 aliphatic rings. The molecule has 3 nitrogen and oxygen atoms in total. The average molecular weight is 257 g/mol. The lowest BCUT2D eigenvalue weighted by molar-refractivity contribution is 0.102. The Morgan fingerprint density at radius 1 is 1.41 bits per heavy atom. The fraction of sp³-hybridized carbons (Fsp3) is 1.00. The lowest BCUT2D eigenvalue weighted by Gasteiger charge is -2.41. The van der Waals surface area contributed by atoms with Gasteiger partial charge in [-0.1, -0.05) is 0 Å². The van der Waals surface area contributed by atoms with Gasteiger partial charge in [-0.15, -0.1) is 0 Å². The van der Waals surface area contributed by atoms with Gasteiger partial charge in [-0.05, 0) is 58.1 Å². The summed E-state index contributed by atoms with van der Waals surface area (Å²) in [4.78, 5) is 5.02. The highest BCUT2D eigenvalue weighted by molar-refractivity contribution is 7.99. The Kier molecular flexibility index (Phi) is 4.75. The van der Waals surface area contributed by atoms with Crippen LogP contribution in [0.15, 0.2) is 0 Å². The lowest BCUT2D eigenvalue weighted by atomic mass is 9.92. The second-order valence-electron chi connectivity index (χ2n) is 5.86. The van der Waals surface area contributed by atoms with Gasteiger partial charge in [-0.2, -0.15) is 11.8 Å². The van der Waals surface area contributed by atoms with E-state index in [2.05, 4.69) is 35.7 Å². The van der Waals surface area contributed by atoms with Crippen molar-refractivity contribution >= 4 is 11.8 Å². The fourth-order valence-corrected chi connectivity index (χ4v) is 4.57. The molecule has 2 fully saturated rings. The SMILES string of the molecule is CN1CCC(CN(C)C2(CN)CCSC2)CC1. The molecule has 0 aliphatic carbocycles. The normalized spacial score (nSPS) is 32.5. The number of hydrogen-bond donors (Lipinski definition) is 1. The smallest absolute Gasteiger partial charge is 0.0426 e. The standard InChI is InChI=1S/C13H27N3S/c1-15-6-3-12(4-7-15)9-16(2)13(10-14)5-8-17-11-13/h12H,3-11,14H2,1-2H3. The van der Waals surface area contributed by atoms with Crippen LogP contribution in [0.4, 0.5) is 0 Å². The Morgan fingerprint density at radius 2 is 2.12 bits per heavy atom. The third-order valence-electron chi connectivity index (χ3n) is 4.64. The molecule has 2 rings (SSSR count). The molecule has 0 aromatic heterocycles. The molecule has 0 spiro atoms. The van der Waals surface area contributed by atoms with Crippen molar-refractivity contribution < 1.29 is 0 Å². The van der Waals surface area contributed by atoms with E-state index in [1.54, 1.807) is 0 Å². The molecule has 0 radical (unpaired) electrons. The van der Waals surface area contributed by atoms with E-state index in [-0.39, 0.29) is 0 Å². The molecule has 17 heavy (non-hydrogen) atoms. The third kappa shape index (κ3) is 3.16. The Balaban J connectivity index is 1.85. The van der Waals surface area contributed by atoms with E-state index in [9.17, 15) is 0 Å². The Bertz CT molecular complexity index is 233. The number of nitrogens with zero attached hydrogens (tertiary/aromatic N) is 2. The number of likely N-dealkylation sites (tertiary alicyclic amines) is 1. The maximum absolute atomic E-state index is 6.03. The summed E-state index contributed by atoms with van der Waals surface area (Å²) in [5.41, 5.74) is 6.33. The fourth-order valence-electron chi connectivity index (χ4n) is 3.04. The van der Waals surface area contributed by atoms with Crippen LogP contribution in [0.1, 0.15) is 19.3 Å². The number of piperidine rings is 1. The minimum Gasteiger partial charge on any atom is -0.329 e. The molecule has 0 aromatic rings. The molecular weight excluding hydrogens is 230 g/mol. The third-order valence-corrected chi connectivity index (χ3v) is 5.88. The van der Waals surface area contributed by atoms with E-state index in [1.807, 2.05) is 0 Å². The van der Waals surface area contributed by atoms with Crippen molar-refractivity contribution in [3.8, 4) is 0 Å². The number of rotatable bonds is 4. The van der Waals surface area contributed by atoms with Gasteiger partial charge in [0.2, 0.25) is 0 Å². The summed E-state index contributed by atoms with van der Waals surface area (Å²) in [6.45, 7) is 4.60. The second-order valence-corrected chi connectivity index (χ2v) is 6.96.